The molecule has 1 saturated heterocycles. The number of quaternary nitrogens is 1. The van der Waals surface area contributed by atoms with Gasteiger partial charge in [0.25, 0.3) is 0 Å². The van der Waals surface area contributed by atoms with Crippen LogP contribution in [0.2, 0.25) is 0 Å². The molecule has 1 unspecified atom stereocenters. The summed E-state index contributed by atoms with van der Waals surface area (Å²) in [6, 6.07) is 12.3. The molecule has 5 heteroatoms. The fraction of sp³-hybridized carbons (Fsp3) is 0.429. The van der Waals surface area contributed by atoms with Crippen LogP contribution in [0.1, 0.15) is 30.4 Å². The molecule has 0 amide bonds. The highest BCUT2D eigenvalue weighted by molar-refractivity contribution is 5.54. The van der Waals surface area contributed by atoms with Crippen LogP contribution < -0.4 is 19.3 Å². The van der Waals surface area contributed by atoms with E-state index in [4.69, 9.17) is 9.47 Å². The van der Waals surface area contributed by atoms with Crippen molar-refractivity contribution in [3.63, 3.8) is 0 Å². The molecule has 2 N–H and O–H groups in total. The number of ether oxygens (including phenoxy) is 2. The number of para-hydroxylation sites is 1. The molecule has 5 nitrogen and oxygen atoms in total. The Labute approximate surface area is 154 Å². The summed E-state index contributed by atoms with van der Waals surface area (Å²) in [6.07, 6.45) is 3.90. The van der Waals surface area contributed by atoms with E-state index in [2.05, 4.69) is 36.2 Å². The lowest BCUT2D eigenvalue weighted by molar-refractivity contribution is -0.907. The summed E-state index contributed by atoms with van der Waals surface area (Å²) in [5.74, 6) is 1.62. The van der Waals surface area contributed by atoms with Crippen molar-refractivity contribution in [2.75, 3.05) is 31.8 Å². The van der Waals surface area contributed by atoms with Crippen LogP contribution in [0.5, 0.6) is 17.2 Å². The summed E-state index contributed by atoms with van der Waals surface area (Å²) in [4.78, 5) is 3.84. The Morgan fingerprint density at radius 1 is 0.962 bits per heavy atom. The van der Waals surface area contributed by atoms with Crippen LogP contribution >= 0.6 is 0 Å². The van der Waals surface area contributed by atoms with E-state index >= 15 is 0 Å². The third kappa shape index (κ3) is 3.58. The van der Waals surface area contributed by atoms with Crippen LogP contribution in [0.25, 0.3) is 0 Å². The van der Waals surface area contributed by atoms with Gasteiger partial charge in [0.15, 0.2) is 11.5 Å². The first-order valence-corrected chi connectivity index (χ1v) is 9.46. The Kier molecular flexibility index (Phi) is 4.89. The summed E-state index contributed by atoms with van der Waals surface area (Å²) in [7, 11) is 2.16. The molecule has 26 heavy (non-hydrogen) atoms. The van der Waals surface area contributed by atoms with Crippen LogP contribution in [-0.2, 0) is 13.1 Å². The van der Waals surface area contributed by atoms with E-state index in [0.29, 0.717) is 5.75 Å². The minimum atomic E-state index is 0.226. The third-order valence-corrected chi connectivity index (χ3v) is 5.25. The smallest absolute Gasteiger partial charge is 0.231 e. The minimum Gasteiger partial charge on any atom is -0.507 e. The zero-order valence-corrected chi connectivity index (χ0v) is 15.3. The molecule has 0 spiro atoms. The molecule has 138 valence electrons. The van der Waals surface area contributed by atoms with E-state index in [9.17, 15) is 5.11 Å². The largest absolute Gasteiger partial charge is 0.507 e. The SMILES string of the molecule is C[NH+](Cc1cc2c(cc1O)OCO2)Cc1ccccc1N1CCCCC1. The van der Waals surface area contributed by atoms with E-state index in [-0.39, 0.29) is 12.5 Å². The van der Waals surface area contributed by atoms with Gasteiger partial charge in [0.05, 0.1) is 12.6 Å². The molecule has 2 aliphatic rings. The van der Waals surface area contributed by atoms with Gasteiger partial charge in [0.2, 0.25) is 6.79 Å². The van der Waals surface area contributed by atoms with Crippen molar-refractivity contribution in [2.24, 2.45) is 0 Å². The normalized spacial score (nSPS) is 17.3. The van der Waals surface area contributed by atoms with E-state index < -0.39 is 0 Å². The van der Waals surface area contributed by atoms with Gasteiger partial charge in [-0.15, -0.1) is 0 Å². The van der Waals surface area contributed by atoms with Gasteiger partial charge >= 0.3 is 0 Å². The molecule has 0 aliphatic carbocycles. The van der Waals surface area contributed by atoms with Crippen molar-refractivity contribution >= 4 is 5.69 Å². The van der Waals surface area contributed by atoms with Gasteiger partial charge in [-0.2, -0.15) is 0 Å². The predicted molar refractivity (Wildman–Crippen MR) is 101 cm³/mol. The molecule has 2 aromatic carbocycles. The number of hydrogen-bond donors (Lipinski definition) is 2. The molecule has 2 aliphatic heterocycles. The van der Waals surface area contributed by atoms with Gasteiger partial charge in [-0.3, -0.25) is 0 Å². The average Bonchev–Trinajstić information content (AvgIpc) is 3.10. The van der Waals surface area contributed by atoms with Crippen LogP contribution in [0, 0.1) is 0 Å². The first-order chi connectivity index (χ1) is 12.7. The second kappa shape index (κ2) is 7.46. The zero-order valence-electron chi connectivity index (χ0n) is 15.3. The van der Waals surface area contributed by atoms with Crippen LogP contribution in [-0.4, -0.2) is 32.0 Å². The summed E-state index contributed by atoms with van der Waals surface area (Å²) in [5.41, 5.74) is 3.62. The van der Waals surface area contributed by atoms with Crippen LogP contribution in [0.3, 0.4) is 0 Å². The molecule has 1 fully saturated rings. The average molecular weight is 355 g/mol. The number of nitrogens with one attached hydrogen (secondary N) is 1. The fourth-order valence-electron chi connectivity index (χ4n) is 3.93. The third-order valence-electron chi connectivity index (χ3n) is 5.25. The minimum absolute atomic E-state index is 0.226. The lowest BCUT2D eigenvalue weighted by atomic mass is 10.1. The van der Waals surface area contributed by atoms with Crippen molar-refractivity contribution < 1.29 is 19.5 Å². The number of phenols is 1. The monoisotopic (exact) mass is 355 g/mol. The highest BCUT2D eigenvalue weighted by Gasteiger charge is 2.20. The summed E-state index contributed by atoms with van der Waals surface area (Å²) >= 11 is 0. The van der Waals surface area contributed by atoms with E-state index in [0.717, 1.165) is 37.5 Å². The molecular formula is C21H27N2O3+. The molecular weight excluding hydrogens is 328 g/mol. The lowest BCUT2D eigenvalue weighted by Gasteiger charge is -2.31. The Bertz CT molecular complexity index is 772. The highest BCUT2D eigenvalue weighted by atomic mass is 16.7. The molecule has 0 aromatic heterocycles. The van der Waals surface area contributed by atoms with Crippen molar-refractivity contribution in [3.05, 3.63) is 47.5 Å². The lowest BCUT2D eigenvalue weighted by Crippen LogP contribution is -3.06. The quantitative estimate of drug-likeness (QED) is 0.864. The number of anilines is 1. The second-order valence-corrected chi connectivity index (χ2v) is 7.32. The van der Waals surface area contributed by atoms with Crippen molar-refractivity contribution in [2.45, 2.75) is 32.4 Å². The number of hydrogen-bond acceptors (Lipinski definition) is 4. The Morgan fingerprint density at radius 3 is 2.46 bits per heavy atom. The highest BCUT2D eigenvalue weighted by Crippen LogP contribution is 2.37. The van der Waals surface area contributed by atoms with Gasteiger partial charge in [0.1, 0.15) is 18.8 Å². The molecule has 0 bridgehead atoms. The van der Waals surface area contributed by atoms with E-state index in [1.807, 2.05) is 6.07 Å². The molecule has 0 saturated carbocycles. The number of phenolic OH excluding ortho intramolecular Hbond substituents is 1. The van der Waals surface area contributed by atoms with Crippen molar-refractivity contribution in [3.8, 4) is 17.2 Å². The number of fused-ring (bicyclic) bond motifs is 1. The van der Waals surface area contributed by atoms with E-state index in [1.54, 1.807) is 6.07 Å². The zero-order chi connectivity index (χ0) is 17.9. The number of piperidine rings is 1. The Morgan fingerprint density at radius 2 is 1.65 bits per heavy atom. The van der Waals surface area contributed by atoms with Crippen LogP contribution in [0.4, 0.5) is 5.69 Å². The molecule has 0 radical (unpaired) electrons. The fourth-order valence-corrected chi connectivity index (χ4v) is 3.93. The summed E-state index contributed by atoms with van der Waals surface area (Å²) in [5, 5.41) is 10.3. The molecule has 2 aromatic rings. The Hall–Kier alpha value is -2.40. The molecule has 4 rings (SSSR count). The maximum atomic E-state index is 10.3. The van der Waals surface area contributed by atoms with Crippen LogP contribution in [0.15, 0.2) is 36.4 Å². The van der Waals surface area contributed by atoms with E-state index in [1.165, 1.54) is 35.4 Å². The van der Waals surface area contributed by atoms with Gasteiger partial charge in [-0.05, 0) is 31.4 Å². The summed E-state index contributed by atoms with van der Waals surface area (Å²) in [6.45, 7) is 4.18. The van der Waals surface area contributed by atoms with Gasteiger partial charge in [0, 0.05) is 30.4 Å². The molecule has 2 heterocycles. The topological polar surface area (TPSA) is 46.4 Å². The Balaban J connectivity index is 1.48. The summed E-state index contributed by atoms with van der Waals surface area (Å²) < 4.78 is 10.8. The van der Waals surface area contributed by atoms with Crippen molar-refractivity contribution in [1.82, 2.24) is 0 Å². The predicted octanol–water partition coefficient (Wildman–Crippen LogP) is 2.33. The molecule has 1 atom stereocenters. The first kappa shape index (κ1) is 17.0. The van der Waals surface area contributed by atoms with Gasteiger partial charge in [-0.1, -0.05) is 18.2 Å². The van der Waals surface area contributed by atoms with Gasteiger partial charge in [-0.25, -0.2) is 0 Å². The maximum Gasteiger partial charge on any atom is 0.231 e. The second-order valence-electron chi connectivity index (χ2n) is 7.32. The first-order valence-electron chi connectivity index (χ1n) is 9.46. The van der Waals surface area contributed by atoms with Gasteiger partial charge < -0.3 is 24.4 Å². The number of rotatable bonds is 5. The maximum absolute atomic E-state index is 10.3. The number of aromatic hydroxyl groups is 1. The number of nitrogens with zero attached hydrogens (tertiary/aromatic N) is 1. The van der Waals surface area contributed by atoms with Crippen molar-refractivity contribution in [1.29, 1.82) is 0 Å². The number of benzene rings is 2. The standard InChI is InChI=1S/C21H26N2O3/c1-22(14-17-11-20-21(12-19(17)24)26-15-25-20)13-16-7-3-4-8-18(16)23-9-5-2-6-10-23/h3-4,7-8,11-12,24H,2,5-6,9-10,13-15H2,1H3/p+1.